The third-order valence-corrected chi connectivity index (χ3v) is 7.47. The molecular weight excluding hydrogens is 558 g/mol. The van der Waals surface area contributed by atoms with Crippen LogP contribution in [0.15, 0.2) is 109 Å². The van der Waals surface area contributed by atoms with Crippen LogP contribution < -0.4 is 10.1 Å². The molecule has 0 atom stereocenters. The summed E-state index contributed by atoms with van der Waals surface area (Å²) in [5.74, 6) is -1.59. The lowest BCUT2D eigenvalue weighted by atomic mass is 9.96. The number of nitrogens with one attached hydrogen (secondary N) is 1. The van der Waals surface area contributed by atoms with Gasteiger partial charge in [0.2, 0.25) is 11.8 Å². The van der Waals surface area contributed by atoms with E-state index in [0.717, 1.165) is 5.56 Å². The highest BCUT2D eigenvalue weighted by molar-refractivity contribution is 6.01. The van der Waals surface area contributed by atoms with Gasteiger partial charge < -0.3 is 24.8 Å². The van der Waals surface area contributed by atoms with Gasteiger partial charge in [-0.1, -0.05) is 91.0 Å². The van der Waals surface area contributed by atoms with Crippen LogP contribution in [0.4, 0.5) is 5.69 Å². The third-order valence-electron chi connectivity index (χ3n) is 7.47. The molecule has 9 heteroatoms. The Morgan fingerprint density at radius 3 is 1.93 bits per heavy atom. The minimum absolute atomic E-state index is 0.0924. The number of piperazine rings is 1. The molecule has 0 bridgehead atoms. The van der Waals surface area contributed by atoms with Gasteiger partial charge >= 0.3 is 5.97 Å². The lowest BCUT2D eigenvalue weighted by Gasteiger charge is -2.39. The van der Waals surface area contributed by atoms with E-state index in [4.69, 9.17) is 9.47 Å². The average molecular weight is 594 g/mol. The van der Waals surface area contributed by atoms with E-state index in [1.807, 2.05) is 66.7 Å². The molecule has 1 aliphatic rings. The van der Waals surface area contributed by atoms with Gasteiger partial charge in [-0.15, -0.1) is 0 Å². The van der Waals surface area contributed by atoms with E-state index in [2.05, 4.69) is 34.5 Å². The predicted molar refractivity (Wildman–Crippen MR) is 167 cm³/mol. The molecule has 226 valence electrons. The summed E-state index contributed by atoms with van der Waals surface area (Å²) in [7, 11) is 0. The van der Waals surface area contributed by atoms with Gasteiger partial charge in [-0.05, 0) is 34.9 Å². The number of carbonyl (C=O) groups excluding carboxylic acids is 2. The third kappa shape index (κ3) is 8.09. The molecular formula is C35H35N3O6. The Morgan fingerprint density at radius 2 is 1.34 bits per heavy atom. The molecule has 0 spiro atoms. The summed E-state index contributed by atoms with van der Waals surface area (Å²) in [6.07, 6.45) is 0. The number of aromatic carboxylic acids is 1. The highest BCUT2D eigenvalue weighted by atomic mass is 16.5. The molecule has 0 aliphatic carbocycles. The van der Waals surface area contributed by atoms with Gasteiger partial charge in [0.1, 0.15) is 25.6 Å². The van der Waals surface area contributed by atoms with Crippen LogP contribution in [0.3, 0.4) is 0 Å². The van der Waals surface area contributed by atoms with Crippen LogP contribution in [0.1, 0.15) is 33.1 Å². The lowest BCUT2D eigenvalue weighted by Crippen LogP contribution is -2.50. The highest BCUT2D eigenvalue weighted by Crippen LogP contribution is 2.29. The van der Waals surface area contributed by atoms with E-state index in [9.17, 15) is 19.5 Å². The Labute approximate surface area is 256 Å². The molecule has 1 fully saturated rings. The summed E-state index contributed by atoms with van der Waals surface area (Å²) in [6, 6.07) is 34.7. The average Bonchev–Trinajstić information content (AvgIpc) is 3.06. The maximum absolute atomic E-state index is 12.9. The molecule has 4 aromatic rings. The quantitative estimate of drug-likeness (QED) is 0.242. The molecule has 1 saturated heterocycles. The van der Waals surface area contributed by atoms with Crippen LogP contribution in [0, 0.1) is 0 Å². The van der Waals surface area contributed by atoms with Gasteiger partial charge in [0.15, 0.2) is 0 Å². The molecule has 1 heterocycles. The zero-order chi connectivity index (χ0) is 30.7. The van der Waals surface area contributed by atoms with E-state index in [1.54, 1.807) is 11.0 Å². The molecule has 0 aromatic heterocycles. The molecule has 0 radical (unpaired) electrons. The normalized spacial score (nSPS) is 13.4. The maximum Gasteiger partial charge on any atom is 0.337 e. The van der Waals surface area contributed by atoms with Crippen LogP contribution in [-0.2, 0) is 20.9 Å². The summed E-state index contributed by atoms with van der Waals surface area (Å²) in [5, 5.41) is 12.2. The molecule has 4 aromatic carbocycles. The molecule has 2 N–H and O–H groups in total. The van der Waals surface area contributed by atoms with E-state index in [0.29, 0.717) is 31.9 Å². The Morgan fingerprint density at radius 1 is 0.750 bits per heavy atom. The number of carboxylic acids is 1. The van der Waals surface area contributed by atoms with Gasteiger partial charge in [0, 0.05) is 26.2 Å². The standard InChI is InChI=1S/C35H35N3O6/c39-32(36-31-17-16-29(22-30(31)35(41)42)44-23-26-10-4-1-5-11-26)24-43-25-33(40)37-18-20-38(21-19-37)34(27-12-6-2-7-13-27)28-14-8-3-9-15-28/h1-17,22,34H,18-21,23-25H2,(H,36,39)(H,41,42). The van der Waals surface area contributed by atoms with Crippen LogP contribution in [0.5, 0.6) is 5.75 Å². The number of anilines is 1. The Kier molecular flexibility index (Phi) is 10.4. The molecule has 0 saturated carbocycles. The molecule has 44 heavy (non-hydrogen) atoms. The molecule has 1 aliphatic heterocycles. The number of rotatable bonds is 12. The number of carboxylic acid groups (broad SMARTS) is 1. The number of hydrogen-bond donors (Lipinski definition) is 2. The summed E-state index contributed by atoms with van der Waals surface area (Å²) in [4.78, 5) is 41.4. The topological polar surface area (TPSA) is 108 Å². The van der Waals surface area contributed by atoms with Gasteiger partial charge in [0.05, 0.1) is 17.3 Å². The Bertz CT molecular complexity index is 1500. The number of ether oxygens (including phenoxy) is 2. The maximum atomic E-state index is 12.9. The Balaban J connectivity index is 1.09. The van der Waals surface area contributed by atoms with Crippen LogP contribution in [0.25, 0.3) is 0 Å². The van der Waals surface area contributed by atoms with E-state index < -0.39 is 11.9 Å². The summed E-state index contributed by atoms with van der Waals surface area (Å²) < 4.78 is 11.1. The second-order valence-electron chi connectivity index (χ2n) is 10.5. The zero-order valence-electron chi connectivity index (χ0n) is 24.3. The van der Waals surface area contributed by atoms with E-state index in [1.165, 1.54) is 23.3 Å². The van der Waals surface area contributed by atoms with E-state index in [-0.39, 0.29) is 43.0 Å². The first-order valence-electron chi connectivity index (χ1n) is 14.5. The fourth-order valence-corrected chi connectivity index (χ4v) is 5.26. The number of nitrogens with zero attached hydrogens (tertiary/aromatic N) is 2. The summed E-state index contributed by atoms with van der Waals surface area (Å²) in [6.45, 7) is 2.14. The lowest BCUT2D eigenvalue weighted by molar-refractivity contribution is -0.139. The van der Waals surface area contributed by atoms with Crippen molar-refractivity contribution in [2.75, 3.05) is 44.7 Å². The monoisotopic (exact) mass is 593 g/mol. The molecule has 5 rings (SSSR count). The van der Waals surface area contributed by atoms with Crippen molar-refractivity contribution in [2.24, 2.45) is 0 Å². The molecule has 9 nitrogen and oxygen atoms in total. The van der Waals surface area contributed by atoms with E-state index >= 15 is 0 Å². The minimum atomic E-state index is -1.21. The summed E-state index contributed by atoms with van der Waals surface area (Å²) >= 11 is 0. The highest BCUT2D eigenvalue weighted by Gasteiger charge is 2.28. The van der Waals surface area contributed by atoms with Crippen LogP contribution in [-0.4, -0.2) is 72.1 Å². The minimum Gasteiger partial charge on any atom is -0.489 e. The first-order chi connectivity index (χ1) is 21.5. The van der Waals surface area contributed by atoms with Crippen molar-refractivity contribution in [3.8, 4) is 5.75 Å². The van der Waals surface area contributed by atoms with Crippen LogP contribution in [0.2, 0.25) is 0 Å². The SMILES string of the molecule is O=C(COCC(=O)N1CCN(C(c2ccccc2)c2ccccc2)CC1)Nc1ccc(OCc2ccccc2)cc1C(=O)O. The van der Waals surface area contributed by atoms with Gasteiger partial charge in [0.25, 0.3) is 0 Å². The fraction of sp³-hybridized carbons (Fsp3) is 0.229. The Hall–Kier alpha value is -4.99. The van der Waals surface area contributed by atoms with Crippen molar-refractivity contribution in [3.63, 3.8) is 0 Å². The van der Waals surface area contributed by atoms with Crippen molar-refractivity contribution in [1.29, 1.82) is 0 Å². The largest absolute Gasteiger partial charge is 0.489 e. The van der Waals surface area contributed by atoms with Crippen molar-refractivity contribution in [2.45, 2.75) is 12.6 Å². The smallest absolute Gasteiger partial charge is 0.337 e. The predicted octanol–water partition coefficient (Wildman–Crippen LogP) is 4.85. The fourth-order valence-electron chi connectivity index (χ4n) is 5.26. The van der Waals surface area contributed by atoms with Crippen LogP contribution >= 0.6 is 0 Å². The number of amides is 2. The van der Waals surface area contributed by atoms with Crippen molar-refractivity contribution in [1.82, 2.24) is 9.80 Å². The second-order valence-corrected chi connectivity index (χ2v) is 10.5. The first kappa shape index (κ1) is 30.5. The van der Waals surface area contributed by atoms with Gasteiger partial charge in [-0.2, -0.15) is 0 Å². The number of carbonyl (C=O) groups is 3. The zero-order valence-corrected chi connectivity index (χ0v) is 24.3. The van der Waals surface area contributed by atoms with Gasteiger partial charge in [-0.25, -0.2) is 4.79 Å². The van der Waals surface area contributed by atoms with Crippen molar-refractivity contribution >= 4 is 23.5 Å². The summed E-state index contributed by atoms with van der Waals surface area (Å²) in [5.41, 5.74) is 3.36. The first-order valence-corrected chi connectivity index (χ1v) is 14.5. The van der Waals surface area contributed by atoms with Crippen molar-refractivity contribution in [3.05, 3.63) is 131 Å². The number of benzene rings is 4. The van der Waals surface area contributed by atoms with Gasteiger partial charge in [-0.3, -0.25) is 14.5 Å². The number of hydrogen-bond acceptors (Lipinski definition) is 6. The second kappa shape index (κ2) is 15.0. The van der Waals surface area contributed by atoms with Crippen molar-refractivity contribution < 1.29 is 29.0 Å². The molecule has 0 unspecified atom stereocenters. The molecule has 2 amide bonds.